The fraction of sp³-hybridized carbons (Fsp3) is 0.643. The summed E-state index contributed by atoms with van der Waals surface area (Å²) in [6, 6.07) is 3.03. The van der Waals surface area contributed by atoms with Crippen LogP contribution >= 0.6 is 0 Å². The van der Waals surface area contributed by atoms with Crippen LogP contribution in [0.3, 0.4) is 0 Å². The Morgan fingerprint density at radius 1 is 1.20 bits per heavy atom. The van der Waals surface area contributed by atoms with Crippen molar-refractivity contribution in [2.24, 2.45) is 17.8 Å². The fourth-order valence-electron chi connectivity index (χ4n) is 2.25. The molecule has 0 aliphatic heterocycles. The van der Waals surface area contributed by atoms with Crippen LogP contribution in [0.5, 0.6) is 0 Å². The highest BCUT2D eigenvalue weighted by Crippen LogP contribution is 2.20. The normalized spacial score (nSPS) is 12.4. The van der Waals surface area contributed by atoms with E-state index in [-0.39, 0.29) is 4.90 Å². The second-order valence-corrected chi connectivity index (χ2v) is 7.40. The van der Waals surface area contributed by atoms with Gasteiger partial charge in [0.05, 0.1) is 4.90 Å². The van der Waals surface area contributed by atoms with Crippen LogP contribution in [0, 0.1) is 17.8 Å². The predicted molar refractivity (Wildman–Crippen MR) is 82.1 cm³/mol. The van der Waals surface area contributed by atoms with E-state index in [9.17, 15) is 8.42 Å². The Hall–Kier alpha value is -1.14. The largest absolute Gasteiger partial charge is 0.373 e. The summed E-state index contributed by atoms with van der Waals surface area (Å²) in [5.74, 6) is 1.72. The lowest BCUT2D eigenvalue weighted by atomic mass is 9.86. The first-order chi connectivity index (χ1) is 9.27. The molecule has 0 aromatic carbocycles. The van der Waals surface area contributed by atoms with Gasteiger partial charge in [0.15, 0.2) is 0 Å². The number of hydrogen-bond acceptors (Lipinski definition) is 4. The first kappa shape index (κ1) is 16.9. The van der Waals surface area contributed by atoms with E-state index >= 15 is 0 Å². The lowest BCUT2D eigenvalue weighted by Crippen LogP contribution is -2.34. The number of aromatic nitrogens is 1. The van der Waals surface area contributed by atoms with Crippen LogP contribution in [0.15, 0.2) is 23.2 Å². The number of rotatable bonds is 7. The smallest absolute Gasteiger partial charge is 0.240 e. The number of pyridine rings is 1. The van der Waals surface area contributed by atoms with Crippen molar-refractivity contribution in [2.75, 3.05) is 18.9 Å². The molecule has 6 heteroatoms. The highest BCUT2D eigenvalue weighted by Gasteiger charge is 2.21. The third-order valence-electron chi connectivity index (χ3n) is 3.52. The van der Waals surface area contributed by atoms with Crippen molar-refractivity contribution in [3.05, 3.63) is 18.3 Å². The quantitative estimate of drug-likeness (QED) is 0.810. The van der Waals surface area contributed by atoms with E-state index in [1.165, 1.54) is 18.3 Å². The van der Waals surface area contributed by atoms with E-state index in [2.05, 4.69) is 42.7 Å². The number of hydrogen-bond donors (Lipinski definition) is 2. The van der Waals surface area contributed by atoms with Crippen molar-refractivity contribution in [1.82, 2.24) is 9.71 Å². The maximum absolute atomic E-state index is 12.3. The summed E-state index contributed by atoms with van der Waals surface area (Å²) < 4.78 is 27.3. The summed E-state index contributed by atoms with van der Waals surface area (Å²) in [4.78, 5) is 4.26. The molecule has 0 bridgehead atoms. The maximum Gasteiger partial charge on any atom is 0.240 e. The molecule has 1 heterocycles. The molecule has 0 aliphatic rings. The zero-order chi connectivity index (χ0) is 15.3. The van der Waals surface area contributed by atoms with Crippen molar-refractivity contribution in [3.8, 4) is 0 Å². The zero-order valence-corrected chi connectivity index (χ0v) is 13.7. The predicted octanol–water partition coefficient (Wildman–Crippen LogP) is 2.33. The molecule has 5 nitrogen and oxygen atoms in total. The van der Waals surface area contributed by atoms with Crippen LogP contribution in [-0.4, -0.2) is 27.0 Å². The summed E-state index contributed by atoms with van der Waals surface area (Å²) in [7, 11) is -1.78. The Morgan fingerprint density at radius 2 is 1.80 bits per heavy atom. The molecule has 1 aromatic heterocycles. The third-order valence-corrected chi connectivity index (χ3v) is 4.94. The molecule has 0 spiro atoms. The Bertz CT molecular complexity index is 519. The average molecular weight is 299 g/mol. The molecule has 0 amide bonds. The van der Waals surface area contributed by atoms with Crippen LogP contribution in [0.2, 0.25) is 0 Å². The average Bonchev–Trinajstić information content (AvgIpc) is 2.38. The van der Waals surface area contributed by atoms with Gasteiger partial charge in [0, 0.05) is 25.9 Å². The van der Waals surface area contributed by atoms with Crippen molar-refractivity contribution in [2.45, 2.75) is 32.6 Å². The summed E-state index contributed by atoms with van der Waals surface area (Å²) >= 11 is 0. The van der Waals surface area contributed by atoms with Crippen molar-refractivity contribution in [1.29, 1.82) is 0 Å². The second kappa shape index (κ2) is 7.04. The molecule has 0 fully saturated rings. The molecule has 20 heavy (non-hydrogen) atoms. The fourth-order valence-corrected chi connectivity index (χ4v) is 3.33. The summed E-state index contributed by atoms with van der Waals surface area (Å²) in [6.45, 7) is 8.92. The minimum absolute atomic E-state index is 0.239. The van der Waals surface area contributed by atoms with Crippen LogP contribution < -0.4 is 10.0 Å². The summed E-state index contributed by atoms with van der Waals surface area (Å²) in [5, 5.41) is 2.84. The number of nitrogens with one attached hydrogen (secondary N) is 2. The molecule has 0 aliphatic carbocycles. The number of sulfonamides is 1. The van der Waals surface area contributed by atoms with E-state index in [1.54, 1.807) is 7.05 Å². The minimum atomic E-state index is -3.48. The molecule has 1 aromatic rings. The van der Waals surface area contributed by atoms with Gasteiger partial charge < -0.3 is 5.32 Å². The topological polar surface area (TPSA) is 71.1 Å². The first-order valence-electron chi connectivity index (χ1n) is 6.91. The van der Waals surface area contributed by atoms with Gasteiger partial charge >= 0.3 is 0 Å². The van der Waals surface area contributed by atoms with E-state index < -0.39 is 10.0 Å². The van der Waals surface area contributed by atoms with Crippen LogP contribution in [-0.2, 0) is 10.0 Å². The Balaban J connectivity index is 2.84. The zero-order valence-electron chi connectivity index (χ0n) is 12.8. The van der Waals surface area contributed by atoms with Gasteiger partial charge in [-0.1, -0.05) is 27.7 Å². The molecular weight excluding hydrogens is 274 g/mol. The molecule has 2 N–H and O–H groups in total. The van der Waals surface area contributed by atoms with Gasteiger partial charge in [-0.3, -0.25) is 0 Å². The van der Waals surface area contributed by atoms with Gasteiger partial charge in [0.25, 0.3) is 0 Å². The minimum Gasteiger partial charge on any atom is -0.373 e. The molecule has 114 valence electrons. The standard InChI is InChI=1S/C14H25N3O2S/c1-10(2)13(11(3)4)9-17-20(18,19)12-6-7-16-14(8-12)15-5/h6-8,10-11,13,17H,9H2,1-5H3,(H,15,16). The van der Waals surface area contributed by atoms with Crippen LogP contribution in [0.1, 0.15) is 27.7 Å². The van der Waals surface area contributed by atoms with E-state index in [0.717, 1.165) is 0 Å². The second-order valence-electron chi connectivity index (χ2n) is 5.63. The number of anilines is 1. The maximum atomic E-state index is 12.3. The molecule has 0 saturated heterocycles. The van der Waals surface area contributed by atoms with E-state index in [4.69, 9.17) is 0 Å². The lowest BCUT2D eigenvalue weighted by Gasteiger charge is -2.25. The highest BCUT2D eigenvalue weighted by molar-refractivity contribution is 7.89. The summed E-state index contributed by atoms with van der Waals surface area (Å²) in [6.07, 6.45) is 1.49. The molecule has 0 saturated carbocycles. The van der Waals surface area contributed by atoms with Crippen molar-refractivity contribution in [3.63, 3.8) is 0 Å². The molecule has 0 radical (unpaired) electrons. The van der Waals surface area contributed by atoms with Crippen LogP contribution in [0.4, 0.5) is 5.82 Å². The number of nitrogens with zero attached hydrogens (tertiary/aromatic N) is 1. The Morgan fingerprint density at radius 3 is 2.30 bits per heavy atom. The van der Waals surface area contributed by atoms with Gasteiger partial charge in [0.1, 0.15) is 5.82 Å². The van der Waals surface area contributed by atoms with Crippen molar-refractivity contribution < 1.29 is 8.42 Å². The molecule has 0 unspecified atom stereocenters. The Kier molecular flexibility index (Phi) is 5.95. The third kappa shape index (κ3) is 4.45. The first-order valence-corrected chi connectivity index (χ1v) is 8.39. The Labute approximate surface area is 122 Å². The summed E-state index contributed by atoms with van der Waals surface area (Å²) in [5.41, 5.74) is 0. The van der Waals surface area contributed by atoms with Gasteiger partial charge in [-0.05, 0) is 23.8 Å². The van der Waals surface area contributed by atoms with E-state index in [1.807, 2.05) is 0 Å². The van der Waals surface area contributed by atoms with Gasteiger partial charge in [-0.2, -0.15) is 0 Å². The molecule has 0 atom stereocenters. The van der Waals surface area contributed by atoms with Gasteiger partial charge in [-0.25, -0.2) is 18.1 Å². The monoisotopic (exact) mass is 299 g/mol. The van der Waals surface area contributed by atoms with E-state index in [0.29, 0.717) is 30.1 Å². The van der Waals surface area contributed by atoms with Crippen molar-refractivity contribution >= 4 is 15.8 Å². The van der Waals surface area contributed by atoms with Gasteiger partial charge in [-0.15, -0.1) is 0 Å². The SMILES string of the molecule is CNc1cc(S(=O)(=O)NCC(C(C)C)C(C)C)ccn1. The van der Waals surface area contributed by atoms with Gasteiger partial charge in [0.2, 0.25) is 10.0 Å². The lowest BCUT2D eigenvalue weighted by molar-refractivity contribution is 0.289. The van der Waals surface area contributed by atoms with Crippen LogP contribution in [0.25, 0.3) is 0 Å². The highest BCUT2D eigenvalue weighted by atomic mass is 32.2. The molecule has 1 rings (SSSR count). The molecular formula is C14H25N3O2S.